The van der Waals surface area contributed by atoms with Gasteiger partial charge in [-0.05, 0) is 86.6 Å². The standard InChI is InChI=1S/C27H25F9N2O3/c1-14(2)41-24(40)38-21-6-5-17(25(28,29)30)10-20(21)23(11-22(38)16-3-4-16)37(13-39)12-15-7-18(26(31,32)33)9-19(8-15)27(34,35)36/h5-10,13-14,16,22-23H,3-4,11-12H2,1-2H3/t22-,23-/m0/s1. The Labute approximate surface area is 228 Å². The van der Waals surface area contributed by atoms with Crippen LogP contribution in [0.2, 0.25) is 0 Å². The maximum absolute atomic E-state index is 13.7. The van der Waals surface area contributed by atoms with E-state index in [1.807, 2.05) is 0 Å². The van der Waals surface area contributed by atoms with E-state index in [9.17, 15) is 49.1 Å². The first kappa shape index (κ1) is 30.5. The lowest BCUT2D eigenvalue weighted by atomic mass is 9.86. The van der Waals surface area contributed by atoms with Gasteiger partial charge in [-0.2, -0.15) is 39.5 Å². The van der Waals surface area contributed by atoms with Crippen LogP contribution in [0.4, 0.5) is 50.0 Å². The van der Waals surface area contributed by atoms with Crippen LogP contribution in [0.3, 0.4) is 0 Å². The van der Waals surface area contributed by atoms with Gasteiger partial charge in [-0.1, -0.05) is 0 Å². The van der Waals surface area contributed by atoms with Gasteiger partial charge in [0.1, 0.15) is 0 Å². The molecule has 0 radical (unpaired) electrons. The molecule has 41 heavy (non-hydrogen) atoms. The Hall–Kier alpha value is -3.45. The molecule has 1 aliphatic carbocycles. The number of ether oxygens (including phenoxy) is 1. The molecule has 2 aromatic rings. The van der Waals surface area contributed by atoms with E-state index < -0.39 is 71.6 Å². The largest absolute Gasteiger partial charge is 0.446 e. The molecule has 2 aliphatic rings. The summed E-state index contributed by atoms with van der Waals surface area (Å²) in [4.78, 5) is 27.5. The number of carbonyl (C=O) groups is 2. The Balaban J connectivity index is 1.82. The number of alkyl halides is 9. The third-order valence-corrected chi connectivity index (χ3v) is 7.02. The second-order valence-electron chi connectivity index (χ2n) is 10.4. The van der Waals surface area contributed by atoms with Crippen LogP contribution in [0.25, 0.3) is 0 Å². The zero-order chi connectivity index (χ0) is 30.5. The molecule has 0 N–H and O–H groups in total. The van der Waals surface area contributed by atoms with Gasteiger partial charge >= 0.3 is 24.6 Å². The topological polar surface area (TPSA) is 49.9 Å². The van der Waals surface area contributed by atoms with Gasteiger partial charge in [-0.3, -0.25) is 9.69 Å². The number of benzene rings is 2. The zero-order valence-corrected chi connectivity index (χ0v) is 21.7. The van der Waals surface area contributed by atoms with Crippen molar-refractivity contribution in [1.29, 1.82) is 0 Å². The monoisotopic (exact) mass is 596 g/mol. The van der Waals surface area contributed by atoms with Crippen LogP contribution < -0.4 is 4.90 Å². The summed E-state index contributed by atoms with van der Waals surface area (Å²) in [5.41, 5.74) is -4.91. The first-order valence-corrected chi connectivity index (χ1v) is 12.6. The van der Waals surface area contributed by atoms with Gasteiger partial charge in [0.15, 0.2) is 0 Å². The van der Waals surface area contributed by atoms with Gasteiger partial charge in [-0.15, -0.1) is 0 Å². The molecule has 5 nitrogen and oxygen atoms in total. The number of nitrogens with zero attached hydrogens (tertiary/aromatic N) is 2. The summed E-state index contributed by atoms with van der Waals surface area (Å²) in [6.45, 7) is 2.41. The van der Waals surface area contributed by atoms with E-state index >= 15 is 0 Å². The lowest BCUT2D eigenvalue weighted by Gasteiger charge is -2.44. The zero-order valence-electron chi connectivity index (χ0n) is 21.7. The van der Waals surface area contributed by atoms with Crippen molar-refractivity contribution >= 4 is 18.2 Å². The Morgan fingerprint density at radius 2 is 1.49 bits per heavy atom. The van der Waals surface area contributed by atoms with Crippen molar-refractivity contribution in [3.63, 3.8) is 0 Å². The quantitative estimate of drug-likeness (QED) is 0.251. The highest BCUT2D eigenvalue weighted by atomic mass is 19.4. The number of fused-ring (bicyclic) bond motifs is 1. The highest BCUT2D eigenvalue weighted by molar-refractivity contribution is 5.90. The van der Waals surface area contributed by atoms with Crippen LogP contribution in [0.5, 0.6) is 0 Å². The fourth-order valence-electron chi connectivity index (χ4n) is 5.09. The van der Waals surface area contributed by atoms with E-state index in [4.69, 9.17) is 4.74 Å². The van der Waals surface area contributed by atoms with Crippen LogP contribution in [0, 0.1) is 5.92 Å². The fourth-order valence-corrected chi connectivity index (χ4v) is 5.09. The van der Waals surface area contributed by atoms with Gasteiger partial charge in [0, 0.05) is 12.6 Å². The highest BCUT2D eigenvalue weighted by Crippen LogP contribution is 2.49. The molecule has 0 saturated heterocycles. The number of rotatable bonds is 6. The van der Waals surface area contributed by atoms with E-state index in [-0.39, 0.29) is 36.1 Å². The summed E-state index contributed by atoms with van der Waals surface area (Å²) in [6.07, 6.45) is -15.0. The minimum Gasteiger partial charge on any atom is -0.446 e. The van der Waals surface area contributed by atoms with Gasteiger partial charge in [0.25, 0.3) is 0 Å². The lowest BCUT2D eigenvalue weighted by Crippen LogP contribution is -2.49. The van der Waals surface area contributed by atoms with E-state index in [0.29, 0.717) is 25.0 Å². The summed E-state index contributed by atoms with van der Waals surface area (Å²) in [6, 6.07) is 1.61. The molecule has 0 unspecified atom stereocenters. The Bertz CT molecular complexity index is 1270. The van der Waals surface area contributed by atoms with Gasteiger partial charge < -0.3 is 9.64 Å². The third kappa shape index (κ3) is 6.72. The molecule has 0 aromatic heterocycles. The number of anilines is 1. The molecular weight excluding hydrogens is 571 g/mol. The summed E-state index contributed by atoms with van der Waals surface area (Å²) >= 11 is 0. The normalized spacial score (nSPS) is 19.7. The first-order chi connectivity index (χ1) is 18.9. The third-order valence-electron chi connectivity index (χ3n) is 7.02. The minimum atomic E-state index is -5.13. The van der Waals surface area contributed by atoms with Crippen molar-refractivity contribution in [1.82, 2.24) is 4.90 Å². The molecule has 2 amide bonds. The van der Waals surface area contributed by atoms with Crippen LogP contribution in [-0.4, -0.2) is 29.5 Å². The number of hydrogen-bond donors (Lipinski definition) is 0. The number of amides is 2. The maximum Gasteiger partial charge on any atom is 0.416 e. The molecule has 14 heteroatoms. The number of carbonyl (C=O) groups excluding carboxylic acids is 2. The molecule has 1 aliphatic heterocycles. The Kier molecular flexibility index (Phi) is 8.00. The van der Waals surface area contributed by atoms with Gasteiger partial charge in [-0.25, -0.2) is 4.79 Å². The number of hydrogen-bond acceptors (Lipinski definition) is 3. The van der Waals surface area contributed by atoms with Crippen LogP contribution in [0.1, 0.15) is 67.0 Å². The molecule has 1 saturated carbocycles. The highest BCUT2D eigenvalue weighted by Gasteiger charge is 2.47. The Morgan fingerprint density at radius 3 is 1.95 bits per heavy atom. The lowest BCUT2D eigenvalue weighted by molar-refractivity contribution is -0.143. The minimum absolute atomic E-state index is 0.0173. The van der Waals surface area contributed by atoms with Crippen molar-refractivity contribution in [3.8, 4) is 0 Å². The van der Waals surface area contributed by atoms with E-state index in [2.05, 4.69) is 0 Å². The molecule has 2 atom stereocenters. The average molecular weight is 596 g/mol. The SMILES string of the molecule is CC(C)OC(=O)N1c2ccc(C(F)(F)F)cc2[C@@H](N(C=O)Cc2cc(C(F)(F)F)cc(C(F)(F)F)c2)C[C@H]1C1CC1. The summed E-state index contributed by atoms with van der Waals surface area (Å²) in [5, 5.41) is 0. The van der Waals surface area contributed by atoms with E-state index in [1.165, 1.54) is 4.90 Å². The molecule has 1 heterocycles. The van der Waals surface area contributed by atoms with Crippen LogP contribution in [-0.2, 0) is 34.6 Å². The predicted octanol–water partition coefficient (Wildman–Crippen LogP) is 7.98. The molecule has 4 rings (SSSR count). The Morgan fingerprint density at radius 1 is 0.927 bits per heavy atom. The molecule has 2 aromatic carbocycles. The summed E-state index contributed by atoms with van der Waals surface area (Å²) in [5.74, 6) is -0.0912. The van der Waals surface area contributed by atoms with Crippen molar-refractivity contribution < 1.29 is 53.8 Å². The summed E-state index contributed by atoms with van der Waals surface area (Å²) in [7, 11) is 0. The van der Waals surface area contributed by atoms with Gasteiger partial charge in [0.05, 0.1) is 34.5 Å². The second-order valence-corrected chi connectivity index (χ2v) is 10.4. The molecular formula is C27H25F9N2O3. The maximum atomic E-state index is 13.7. The van der Waals surface area contributed by atoms with Crippen molar-refractivity contribution in [2.24, 2.45) is 5.92 Å². The van der Waals surface area contributed by atoms with E-state index in [0.717, 1.165) is 23.1 Å². The first-order valence-electron chi connectivity index (χ1n) is 12.6. The summed E-state index contributed by atoms with van der Waals surface area (Å²) < 4.78 is 127. The molecule has 1 fully saturated rings. The van der Waals surface area contributed by atoms with Crippen LogP contribution in [0.15, 0.2) is 36.4 Å². The van der Waals surface area contributed by atoms with Gasteiger partial charge in [0.2, 0.25) is 6.41 Å². The predicted molar refractivity (Wildman–Crippen MR) is 127 cm³/mol. The van der Waals surface area contributed by atoms with Crippen LogP contribution >= 0.6 is 0 Å². The van der Waals surface area contributed by atoms with Crippen molar-refractivity contribution in [3.05, 3.63) is 64.2 Å². The average Bonchev–Trinajstić information content (AvgIpc) is 3.69. The molecule has 224 valence electrons. The second kappa shape index (κ2) is 10.8. The number of halogens is 9. The van der Waals surface area contributed by atoms with E-state index in [1.54, 1.807) is 13.8 Å². The van der Waals surface area contributed by atoms with Crippen molar-refractivity contribution in [2.75, 3.05) is 4.90 Å². The van der Waals surface area contributed by atoms with Crippen molar-refractivity contribution in [2.45, 2.75) is 76.4 Å². The molecule has 0 spiro atoms. The smallest absolute Gasteiger partial charge is 0.416 e. The molecule has 0 bridgehead atoms. The fraction of sp³-hybridized carbons (Fsp3) is 0.481.